The van der Waals surface area contributed by atoms with Gasteiger partial charge < -0.3 is 10.1 Å². The van der Waals surface area contributed by atoms with Crippen molar-refractivity contribution in [1.82, 2.24) is 5.32 Å². The molecule has 1 unspecified atom stereocenters. The summed E-state index contributed by atoms with van der Waals surface area (Å²) >= 11 is 0. The predicted octanol–water partition coefficient (Wildman–Crippen LogP) is 5.56. The molecule has 1 saturated carbocycles. The van der Waals surface area contributed by atoms with E-state index in [0.717, 1.165) is 18.9 Å². The van der Waals surface area contributed by atoms with Gasteiger partial charge in [0.25, 0.3) is 0 Å². The van der Waals surface area contributed by atoms with Crippen LogP contribution in [0.25, 0.3) is 0 Å². The van der Waals surface area contributed by atoms with E-state index in [4.69, 9.17) is 4.74 Å². The van der Waals surface area contributed by atoms with Gasteiger partial charge in [0.1, 0.15) is 5.60 Å². The second kappa shape index (κ2) is 10.1. The summed E-state index contributed by atoms with van der Waals surface area (Å²) in [6.07, 6.45) is 6.62. The number of halogens is 1. The molecular weight excluding hydrogens is 342 g/mol. The highest BCUT2D eigenvalue weighted by Gasteiger charge is 2.42. The van der Waals surface area contributed by atoms with E-state index in [1.54, 1.807) is 0 Å². The van der Waals surface area contributed by atoms with Gasteiger partial charge in [0.2, 0.25) is 0 Å². The second-order valence-corrected chi connectivity index (χ2v) is 7.16. The fraction of sp³-hybridized carbons (Fsp3) is 0.478. The van der Waals surface area contributed by atoms with Crippen LogP contribution >= 0.6 is 12.4 Å². The van der Waals surface area contributed by atoms with Crippen molar-refractivity contribution < 1.29 is 4.74 Å². The number of nitrogens with one attached hydrogen (secondary N) is 1. The lowest BCUT2D eigenvalue weighted by molar-refractivity contribution is -0.0161. The van der Waals surface area contributed by atoms with Gasteiger partial charge in [0.15, 0.2) is 0 Å². The smallest absolute Gasteiger partial charge is 0.133 e. The van der Waals surface area contributed by atoms with Gasteiger partial charge in [-0.3, -0.25) is 0 Å². The summed E-state index contributed by atoms with van der Waals surface area (Å²) in [5, 5.41) is 3.75. The summed E-state index contributed by atoms with van der Waals surface area (Å²) in [5.74, 6) is 0.905. The normalized spacial score (nSPS) is 15.8. The quantitative estimate of drug-likeness (QED) is 0.621. The Labute approximate surface area is 164 Å². The number of likely N-dealkylation sites (N-methyl/N-ethyl adjacent to an activating group) is 1. The predicted molar refractivity (Wildman–Crippen MR) is 112 cm³/mol. The fourth-order valence-electron chi connectivity index (χ4n) is 4.20. The molecule has 0 saturated heterocycles. The molecule has 1 aliphatic rings. The van der Waals surface area contributed by atoms with Crippen LogP contribution < -0.4 is 5.32 Å². The first-order valence-electron chi connectivity index (χ1n) is 9.70. The van der Waals surface area contributed by atoms with E-state index in [0.29, 0.717) is 0 Å². The molecule has 0 aromatic heterocycles. The Balaban J connectivity index is 0.00000243. The number of hydrogen-bond donors (Lipinski definition) is 1. The van der Waals surface area contributed by atoms with Crippen molar-refractivity contribution in [2.24, 2.45) is 5.92 Å². The van der Waals surface area contributed by atoms with Crippen LogP contribution in [0, 0.1) is 5.92 Å². The molecule has 0 amide bonds. The molecule has 2 nitrogen and oxygen atoms in total. The van der Waals surface area contributed by atoms with Crippen molar-refractivity contribution in [2.45, 2.75) is 50.7 Å². The standard InChI is InChI=1S/C23H31NO.ClH/c1-3-24-22(18-17-19-11-10-12-19)23(25-2,20-13-6-4-7-14-20)21-15-8-5-9-16-21;/h4-9,13-16,19,22,24H,3,10-12,17-18H2,1-2H3;1H. The maximum atomic E-state index is 6.35. The minimum absolute atomic E-state index is 0. The average Bonchev–Trinajstić information content (AvgIpc) is 2.63. The molecule has 2 aromatic rings. The molecule has 0 aliphatic heterocycles. The molecule has 0 bridgehead atoms. The summed E-state index contributed by atoms with van der Waals surface area (Å²) in [4.78, 5) is 0. The average molecular weight is 374 g/mol. The number of rotatable bonds is 9. The van der Waals surface area contributed by atoms with E-state index in [9.17, 15) is 0 Å². The lowest BCUT2D eigenvalue weighted by Crippen LogP contribution is -2.51. The van der Waals surface area contributed by atoms with Crippen LogP contribution in [0.3, 0.4) is 0 Å². The first-order chi connectivity index (χ1) is 12.3. The third-order valence-electron chi connectivity index (χ3n) is 5.76. The van der Waals surface area contributed by atoms with Crippen molar-refractivity contribution in [2.75, 3.05) is 13.7 Å². The van der Waals surface area contributed by atoms with Gasteiger partial charge in [-0.15, -0.1) is 12.4 Å². The van der Waals surface area contributed by atoms with E-state index in [2.05, 4.69) is 72.9 Å². The van der Waals surface area contributed by atoms with Gasteiger partial charge in [0, 0.05) is 13.2 Å². The molecule has 1 atom stereocenters. The maximum absolute atomic E-state index is 6.35. The first kappa shape index (κ1) is 21.0. The van der Waals surface area contributed by atoms with Gasteiger partial charge in [-0.25, -0.2) is 0 Å². The van der Waals surface area contributed by atoms with Crippen molar-refractivity contribution in [3.05, 3.63) is 71.8 Å². The van der Waals surface area contributed by atoms with Gasteiger partial charge >= 0.3 is 0 Å². The van der Waals surface area contributed by atoms with Gasteiger partial charge in [-0.2, -0.15) is 0 Å². The van der Waals surface area contributed by atoms with Crippen LogP contribution in [0.1, 0.15) is 50.2 Å². The highest BCUT2D eigenvalue weighted by molar-refractivity contribution is 5.85. The molecule has 0 heterocycles. The number of methoxy groups -OCH3 is 1. The Morgan fingerprint density at radius 3 is 1.92 bits per heavy atom. The Morgan fingerprint density at radius 1 is 1.00 bits per heavy atom. The molecule has 3 heteroatoms. The van der Waals surface area contributed by atoms with Crippen LogP contribution in [0.15, 0.2) is 60.7 Å². The third-order valence-corrected chi connectivity index (χ3v) is 5.76. The summed E-state index contributed by atoms with van der Waals surface area (Å²) in [6, 6.07) is 21.6. The zero-order valence-corrected chi connectivity index (χ0v) is 16.8. The molecule has 1 N–H and O–H groups in total. The Kier molecular flexibility index (Phi) is 8.15. The summed E-state index contributed by atoms with van der Waals surface area (Å²) in [5.41, 5.74) is 1.99. The van der Waals surface area contributed by atoms with E-state index in [1.807, 2.05) is 7.11 Å². The highest BCUT2D eigenvalue weighted by Crippen LogP contribution is 2.40. The van der Waals surface area contributed by atoms with E-state index in [-0.39, 0.29) is 18.4 Å². The molecular formula is C23H32ClNO. The Morgan fingerprint density at radius 2 is 1.54 bits per heavy atom. The topological polar surface area (TPSA) is 21.3 Å². The van der Waals surface area contributed by atoms with Crippen molar-refractivity contribution >= 4 is 12.4 Å². The Bertz CT molecular complexity index is 588. The van der Waals surface area contributed by atoms with Crippen LogP contribution in [-0.4, -0.2) is 19.7 Å². The number of hydrogen-bond acceptors (Lipinski definition) is 2. The largest absolute Gasteiger partial charge is 0.367 e. The van der Waals surface area contributed by atoms with Crippen molar-refractivity contribution in [1.29, 1.82) is 0 Å². The molecule has 26 heavy (non-hydrogen) atoms. The summed E-state index contributed by atoms with van der Waals surface area (Å²) in [6.45, 7) is 3.13. The molecule has 1 fully saturated rings. The molecule has 0 radical (unpaired) electrons. The fourth-order valence-corrected chi connectivity index (χ4v) is 4.20. The molecule has 142 valence electrons. The molecule has 0 spiro atoms. The van der Waals surface area contributed by atoms with Crippen LogP contribution in [0.2, 0.25) is 0 Å². The molecule has 1 aliphatic carbocycles. The van der Waals surface area contributed by atoms with Gasteiger partial charge in [0.05, 0.1) is 0 Å². The van der Waals surface area contributed by atoms with Gasteiger partial charge in [-0.05, 0) is 36.4 Å². The summed E-state index contributed by atoms with van der Waals surface area (Å²) in [7, 11) is 1.85. The zero-order chi connectivity index (χ0) is 17.5. The second-order valence-electron chi connectivity index (χ2n) is 7.16. The monoisotopic (exact) mass is 373 g/mol. The Hall–Kier alpha value is -1.35. The van der Waals surface area contributed by atoms with E-state index >= 15 is 0 Å². The minimum atomic E-state index is -0.456. The lowest BCUT2D eigenvalue weighted by Gasteiger charge is -2.42. The number of benzene rings is 2. The highest BCUT2D eigenvalue weighted by atomic mass is 35.5. The minimum Gasteiger partial charge on any atom is -0.367 e. The maximum Gasteiger partial charge on any atom is 0.133 e. The number of ether oxygens (including phenoxy) is 1. The van der Waals surface area contributed by atoms with Crippen molar-refractivity contribution in [3.8, 4) is 0 Å². The SMILES string of the molecule is CCNC(CCC1CCC1)C(OC)(c1ccccc1)c1ccccc1.Cl. The zero-order valence-electron chi connectivity index (χ0n) is 16.0. The van der Waals surface area contributed by atoms with Crippen LogP contribution in [0.4, 0.5) is 0 Å². The lowest BCUT2D eigenvalue weighted by atomic mass is 9.75. The van der Waals surface area contributed by atoms with E-state index < -0.39 is 5.60 Å². The third kappa shape index (κ3) is 4.31. The van der Waals surface area contributed by atoms with Crippen LogP contribution in [0.5, 0.6) is 0 Å². The van der Waals surface area contributed by atoms with Crippen molar-refractivity contribution in [3.63, 3.8) is 0 Å². The van der Waals surface area contributed by atoms with E-state index in [1.165, 1.54) is 36.8 Å². The first-order valence-corrected chi connectivity index (χ1v) is 9.70. The molecule has 3 rings (SSSR count). The molecule has 2 aromatic carbocycles. The summed E-state index contributed by atoms with van der Waals surface area (Å²) < 4.78 is 6.35. The van der Waals surface area contributed by atoms with Gasteiger partial charge in [-0.1, -0.05) is 86.8 Å². The van der Waals surface area contributed by atoms with Crippen LogP contribution in [-0.2, 0) is 10.3 Å².